The topological polar surface area (TPSA) is 86.8 Å². The molecule has 0 saturated carbocycles. The number of aryl methyl sites for hydroxylation is 1. The molecule has 1 N–H and O–H groups in total. The zero-order valence-electron chi connectivity index (χ0n) is 18.8. The van der Waals surface area contributed by atoms with Crippen molar-refractivity contribution in [3.63, 3.8) is 0 Å². The highest BCUT2D eigenvalue weighted by Gasteiger charge is 2.26. The van der Waals surface area contributed by atoms with E-state index in [9.17, 15) is 22.4 Å². The standard InChI is InChI=1S/C23H30FN3O4S/c1-17-10-5-6-11-19(17)16-26(18(2)23(29)25-3)22(28)14-9-15-27(32(4,30)31)21-13-8-7-12-20(21)24/h5-8,10-13,18H,9,14-16H2,1-4H3,(H,25,29)/t18-/m0/s1. The average molecular weight is 464 g/mol. The molecule has 0 aromatic heterocycles. The lowest BCUT2D eigenvalue weighted by Crippen LogP contribution is -2.47. The number of anilines is 1. The minimum absolute atomic E-state index is 0.00763. The Balaban J connectivity index is 2.17. The third-order valence-corrected chi connectivity index (χ3v) is 6.47. The number of likely N-dealkylation sites (N-methyl/N-ethyl adjacent to an activating group) is 1. The monoisotopic (exact) mass is 463 g/mol. The smallest absolute Gasteiger partial charge is 0.242 e. The van der Waals surface area contributed by atoms with Gasteiger partial charge in [0.25, 0.3) is 0 Å². The van der Waals surface area contributed by atoms with E-state index in [1.54, 1.807) is 13.0 Å². The van der Waals surface area contributed by atoms with Crippen molar-refractivity contribution in [2.24, 2.45) is 0 Å². The van der Waals surface area contributed by atoms with Crippen molar-refractivity contribution >= 4 is 27.5 Å². The quantitative estimate of drug-likeness (QED) is 0.587. The fourth-order valence-corrected chi connectivity index (χ4v) is 4.37. The van der Waals surface area contributed by atoms with Crippen molar-refractivity contribution in [1.82, 2.24) is 10.2 Å². The van der Waals surface area contributed by atoms with Crippen LogP contribution < -0.4 is 9.62 Å². The fourth-order valence-electron chi connectivity index (χ4n) is 3.40. The number of halogens is 1. The van der Waals surface area contributed by atoms with Crippen LogP contribution >= 0.6 is 0 Å². The van der Waals surface area contributed by atoms with Crippen LogP contribution in [0.5, 0.6) is 0 Å². The molecule has 2 aromatic rings. The molecule has 32 heavy (non-hydrogen) atoms. The van der Waals surface area contributed by atoms with E-state index < -0.39 is 21.9 Å². The summed E-state index contributed by atoms with van der Waals surface area (Å²) in [6, 6.07) is 12.5. The first-order valence-corrected chi connectivity index (χ1v) is 12.2. The zero-order chi connectivity index (χ0) is 23.9. The maximum Gasteiger partial charge on any atom is 0.242 e. The molecule has 9 heteroatoms. The molecule has 0 aliphatic heterocycles. The Morgan fingerprint density at radius 3 is 2.31 bits per heavy atom. The minimum Gasteiger partial charge on any atom is -0.357 e. The van der Waals surface area contributed by atoms with Crippen molar-refractivity contribution in [3.8, 4) is 0 Å². The molecule has 2 amide bonds. The Labute approximate surface area is 189 Å². The second-order valence-corrected chi connectivity index (χ2v) is 9.54. The van der Waals surface area contributed by atoms with Crippen LogP contribution in [0.25, 0.3) is 0 Å². The fraction of sp³-hybridized carbons (Fsp3) is 0.391. The molecule has 0 unspecified atom stereocenters. The second-order valence-electron chi connectivity index (χ2n) is 7.63. The van der Waals surface area contributed by atoms with Crippen molar-refractivity contribution in [3.05, 3.63) is 65.5 Å². The van der Waals surface area contributed by atoms with E-state index in [1.165, 1.54) is 30.1 Å². The Kier molecular flexibility index (Phi) is 8.77. The molecule has 0 aliphatic carbocycles. The third-order valence-electron chi connectivity index (χ3n) is 5.29. The van der Waals surface area contributed by atoms with Crippen molar-refractivity contribution in [2.45, 2.75) is 39.3 Å². The van der Waals surface area contributed by atoms with E-state index in [-0.39, 0.29) is 43.4 Å². The number of amides is 2. The summed E-state index contributed by atoms with van der Waals surface area (Å²) >= 11 is 0. The number of nitrogens with zero attached hydrogens (tertiary/aromatic N) is 2. The number of benzene rings is 2. The summed E-state index contributed by atoms with van der Waals surface area (Å²) in [5.41, 5.74) is 1.86. The molecule has 1 atom stereocenters. The van der Waals surface area contributed by atoms with Gasteiger partial charge in [0, 0.05) is 26.6 Å². The lowest BCUT2D eigenvalue weighted by Gasteiger charge is -2.29. The number of para-hydroxylation sites is 1. The molecule has 7 nitrogen and oxygen atoms in total. The molecule has 2 aromatic carbocycles. The number of carbonyl (C=O) groups is 2. The van der Waals surface area contributed by atoms with Gasteiger partial charge in [-0.15, -0.1) is 0 Å². The van der Waals surface area contributed by atoms with Gasteiger partial charge >= 0.3 is 0 Å². The highest BCUT2D eigenvalue weighted by molar-refractivity contribution is 7.92. The first-order valence-electron chi connectivity index (χ1n) is 10.3. The van der Waals surface area contributed by atoms with Crippen LogP contribution in [0.2, 0.25) is 0 Å². The highest BCUT2D eigenvalue weighted by atomic mass is 32.2. The Morgan fingerprint density at radius 2 is 1.72 bits per heavy atom. The van der Waals surface area contributed by atoms with Gasteiger partial charge in [-0.3, -0.25) is 13.9 Å². The van der Waals surface area contributed by atoms with Gasteiger partial charge < -0.3 is 10.2 Å². The summed E-state index contributed by atoms with van der Waals surface area (Å²) < 4.78 is 39.6. The van der Waals surface area contributed by atoms with Crippen LogP contribution in [-0.4, -0.2) is 51.0 Å². The predicted octanol–water partition coefficient (Wildman–Crippen LogP) is 2.84. The van der Waals surface area contributed by atoms with Gasteiger partial charge in [-0.05, 0) is 43.5 Å². The van der Waals surface area contributed by atoms with E-state index >= 15 is 0 Å². The highest BCUT2D eigenvalue weighted by Crippen LogP contribution is 2.22. The molecule has 174 valence electrons. The van der Waals surface area contributed by atoms with Crippen molar-refractivity contribution in [2.75, 3.05) is 24.2 Å². The predicted molar refractivity (Wildman–Crippen MR) is 123 cm³/mol. The molecule has 0 spiro atoms. The van der Waals surface area contributed by atoms with Crippen molar-refractivity contribution in [1.29, 1.82) is 0 Å². The van der Waals surface area contributed by atoms with E-state index in [4.69, 9.17) is 0 Å². The van der Waals surface area contributed by atoms with Gasteiger partial charge in [-0.2, -0.15) is 0 Å². The van der Waals surface area contributed by atoms with Gasteiger partial charge in [0.05, 0.1) is 11.9 Å². The normalized spacial score (nSPS) is 12.2. The number of carbonyl (C=O) groups excluding carboxylic acids is 2. The molecule has 0 bridgehead atoms. The zero-order valence-corrected chi connectivity index (χ0v) is 19.7. The summed E-state index contributed by atoms with van der Waals surface area (Å²) in [5.74, 6) is -1.24. The summed E-state index contributed by atoms with van der Waals surface area (Å²) in [6.45, 7) is 3.78. The Hall–Kier alpha value is -2.94. The number of hydrogen-bond acceptors (Lipinski definition) is 4. The average Bonchev–Trinajstić information content (AvgIpc) is 2.75. The molecule has 2 rings (SSSR count). The first kappa shape index (κ1) is 25.3. The Morgan fingerprint density at radius 1 is 1.09 bits per heavy atom. The number of rotatable bonds is 10. The minimum atomic E-state index is -3.74. The Bertz CT molecular complexity index is 1060. The van der Waals surface area contributed by atoms with Crippen LogP contribution in [0.15, 0.2) is 48.5 Å². The van der Waals surface area contributed by atoms with Gasteiger partial charge in [-0.1, -0.05) is 36.4 Å². The van der Waals surface area contributed by atoms with Crippen molar-refractivity contribution < 1.29 is 22.4 Å². The van der Waals surface area contributed by atoms with Crippen LogP contribution in [0.4, 0.5) is 10.1 Å². The SMILES string of the molecule is CNC(=O)[C@H](C)N(Cc1ccccc1C)C(=O)CCCN(c1ccccc1F)S(C)(=O)=O. The largest absolute Gasteiger partial charge is 0.357 e. The number of hydrogen-bond donors (Lipinski definition) is 1. The summed E-state index contributed by atoms with van der Waals surface area (Å²) in [6.07, 6.45) is 1.18. The van der Waals surface area contributed by atoms with E-state index in [0.29, 0.717) is 0 Å². The third kappa shape index (κ3) is 6.53. The lowest BCUT2D eigenvalue weighted by atomic mass is 10.1. The van der Waals surface area contributed by atoms with Crippen LogP contribution in [0.1, 0.15) is 30.9 Å². The second kappa shape index (κ2) is 11.1. The number of nitrogens with one attached hydrogen (secondary N) is 1. The van der Waals surface area contributed by atoms with E-state index in [0.717, 1.165) is 21.7 Å². The van der Waals surface area contributed by atoms with Gasteiger partial charge in [0.2, 0.25) is 21.8 Å². The first-order chi connectivity index (χ1) is 15.1. The molecule has 0 heterocycles. The van der Waals surface area contributed by atoms with Gasteiger partial charge in [-0.25, -0.2) is 12.8 Å². The molecule has 0 fully saturated rings. The maximum atomic E-state index is 14.2. The summed E-state index contributed by atoms with van der Waals surface area (Å²) in [4.78, 5) is 26.8. The maximum absolute atomic E-state index is 14.2. The van der Waals surface area contributed by atoms with Gasteiger partial charge in [0.15, 0.2) is 0 Å². The van der Waals surface area contributed by atoms with Crippen LogP contribution in [-0.2, 0) is 26.2 Å². The molecule has 0 aliphatic rings. The summed E-state index contributed by atoms with van der Waals surface area (Å²) in [5, 5.41) is 2.56. The molecular formula is C23H30FN3O4S. The number of sulfonamides is 1. The van der Waals surface area contributed by atoms with Crippen LogP contribution in [0, 0.1) is 12.7 Å². The molecular weight excluding hydrogens is 433 g/mol. The molecule has 0 radical (unpaired) electrons. The lowest BCUT2D eigenvalue weighted by molar-refractivity contribution is -0.140. The van der Waals surface area contributed by atoms with Crippen LogP contribution in [0.3, 0.4) is 0 Å². The van der Waals surface area contributed by atoms with Gasteiger partial charge in [0.1, 0.15) is 11.9 Å². The van der Waals surface area contributed by atoms with E-state index in [1.807, 2.05) is 31.2 Å². The van der Waals surface area contributed by atoms with E-state index in [2.05, 4.69) is 5.32 Å². The molecule has 0 saturated heterocycles. The summed E-state index contributed by atoms with van der Waals surface area (Å²) in [7, 11) is -2.23.